The van der Waals surface area contributed by atoms with E-state index in [0.717, 1.165) is 4.90 Å². The number of hydrogen-bond donors (Lipinski definition) is 3. The molecule has 3 N–H and O–H groups in total. The Labute approximate surface area is 181 Å². The molecule has 1 saturated carbocycles. The normalized spacial score (nSPS) is 19.6. The van der Waals surface area contributed by atoms with Gasteiger partial charge in [0.1, 0.15) is 5.69 Å². The van der Waals surface area contributed by atoms with E-state index in [2.05, 4.69) is 20.6 Å². The molecule has 3 atom stereocenters. The lowest BCUT2D eigenvalue weighted by Crippen LogP contribution is -2.46. The highest BCUT2D eigenvalue weighted by Crippen LogP contribution is 2.38. The number of nitrogens with zero attached hydrogens (tertiary/aromatic N) is 4. The molecule has 0 bridgehead atoms. The molecular weight excluding hydrogens is 433 g/mol. The number of amides is 2. The monoisotopic (exact) mass is 458 g/mol. The van der Waals surface area contributed by atoms with Crippen LogP contribution in [0.3, 0.4) is 0 Å². The van der Waals surface area contributed by atoms with Gasteiger partial charge in [-0.05, 0) is 26.2 Å². The fourth-order valence-electron chi connectivity index (χ4n) is 4.17. The Kier molecular flexibility index (Phi) is 6.65. The molecule has 0 aliphatic heterocycles. The predicted octanol–water partition coefficient (Wildman–Crippen LogP) is 3.36. The lowest BCUT2D eigenvalue weighted by Gasteiger charge is -2.32. The number of nitrogens with one attached hydrogen (secondary N) is 2. The van der Waals surface area contributed by atoms with E-state index in [1.165, 1.54) is 24.8 Å². The van der Waals surface area contributed by atoms with Crippen LogP contribution in [0.25, 0.3) is 0 Å². The maximum atomic E-state index is 12.8. The van der Waals surface area contributed by atoms with Gasteiger partial charge in [0, 0.05) is 42.9 Å². The first kappa shape index (κ1) is 23.4. The molecule has 13 heteroatoms. The lowest BCUT2D eigenvalue weighted by molar-refractivity contribution is -0.145. The van der Waals surface area contributed by atoms with Crippen molar-refractivity contribution in [3.05, 3.63) is 23.5 Å². The van der Waals surface area contributed by atoms with Crippen molar-refractivity contribution in [3.8, 4) is 5.88 Å². The predicted molar refractivity (Wildman–Crippen MR) is 107 cm³/mol. The van der Waals surface area contributed by atoms with E-state index in [4.69, 9.17) is 4.74 Å². The van der Waals surface area contributed by atoms with Gasteiger partial charge >= 0.3 is 12.3 Å². The van der Waals surface area contributed by atoms with Gasteiger partial charge in [0.05, 0.1) is 13.5 Å². The Bertz CT molecular complexity index is 973. The van der Waals surface area contributed by atoms with Crippen LogP contribution in [-0.2, 0) is 7.05 Å². The molecule has 10 nitrogen and oxygen atoms in total. The standard InChI is InChI=1S/C19H25F3N6O4/c1-10(9-19(20,21)22)28(18(30)31)12-5-4-11(6-12)13-7-15(25-24-13)23-17(29)14-8-16(32-3)26-27(14)2/h7-8,10-12H,4-6,9H2,1-3H3,(H,30,31)(H2,23,24,25,29)/t10?,11-,12+/m0/s1. The van der Waals surface area contributed by atoms with Crippen molar-refractivity contribution in [3.63, 3.8) is 0 Å². The summed E-state index contributed by atoms with van der Waals surface area (Å²) in [5, 5.41) is 23.1. The van der Waals surface area contributed by atoms with Crippen molar-refractivity contribution in [2.24, 2.45) is 7.05 Å². The number of ether oxygens (including phenoxy) is 1. The number of aromatic amines is 1. The number of carbonyl (C=O) groups excluding carboxylic acids is 1. The van der Waals surface area contributed by atoms with E-state index in [9.17, 15) is 27.9 Å². The number of carbonyl (C=O) groups is 2. The third-order valence-electron chi connectivity index (χ3n) is 5.60. The second kappa shape index (κ2) is 9.09. The van der Waals surface area contributed by atoms with Gasteiger partial charge in [0.15, 0.2) is 5.82 Å². The molecular formula is C19H25F3N6O4. The highest BCUT2D eigenvalue weighted by molar-refractivity contribution is 6.02. The van der Waals surface area contributed by atoms with Crippen LogP contribution in [0.1, 0.15) is 54.7 Å². The summed E-state index contributed by atoms with van der Waals surface area (Å²) in [6.07, 6.45) is -5.62. The first-order chi connectivity index (χ1) is 15.0. The Morgan fingerprint density at radius 1 is 1.41 bits per heavy atom. The van der Waals surface area contributed by atoms with E-state index in [-0.39, 0.29) is 17.4 Å². The second-order valence-corrected chi connectivity index (χ2v) is 7.88. The Balaban J connectivity index is 1.64. The minimum Gasteiger partial charge on any atom is -0.480 e. The van der Waals surface area contributed by atoms with Crippen LogP contribution in [0.5, 0.6) is 5.88 Å². The quantitative estimate of drug-likeness (QED) is 0.584. The van der Waals surface area contributed by atoms with Gasteiger partial charge in [-0.25, -0.2) is 4.79 Å². The molecule has 176 valence electrons. The molecule has 1 aliphatic carbocycles. The minimum absolute atomic E-state index is 0.116. The molecule has 1 aliphatic rings. The summed E-state index contributed by atoms with van der Waals surface area (Å²) in [6, 6.07) is 1.41. The van der Waals surface area contributed by atoms with Gasteiger partial charge < -0.3 is 20.1 Å². The molecule has 0 spiro atoms. The largest absolute Gasteiger partial charge is 0.480 e. The average molecular weight is 458 g/mol. The van der Waals surface area contributed by atoms with Crippen LogP contribution in [0, 0.1) is 0 Å². The summed E-state index contributed by atoms with van der Waals surface area (Å²) in [5.41, 5.74) is 0.947. The van der Waals surface area contributed by atoms with Crippen LogP contribution in [-0.4, -0.2) is 67.4 Å². The molecule has 0 saturated heterocycles. The maximum absolute atomic E-state index is 12.8. The van der Waals surface area contributed by atoms with Crippen molar-refractivity contribution in [1.29, 1.82) is 0 Å². The summed E-state index contributed by atoms with van der Waals surface area (Å²) < 4.78 is 44.6. The van der Waals surface area contributed by atoms with Crippen molar-refractivity contribution in [1.82, 2.24) is 24.9 Å². The van der Waals surface area contributed by atoms with Crippen LogP contribution in [0.15, 0.2) is 12.1 Å². The van der Waals surface area contributed by atoms with Gasteiger partial charge in [0.2, 0.25) is 5.88 Å². The van der Waals surface area contributed by atoms with Gasteiger partial charge in [-0.1, -0.05) is 0 Å². The van der Waals surface area contributed by atoms with Gasteiger partial charge in [-0.2, -0.15) is 18.3 Å². The molecule has 32 heavy (non-hydrogen) atoms. The molecule has 2 aromatic rings. The summed E-state index contributed by atoms with van der Waals surface area (Å²) in [6.45, 7) is 1.27. The van der Waals surface area contributed by atoms with Gasteiger partial charge in [-0.15, -0.1) is 5.10 Å². The summed E-state index contributed by atoms with van der Waals surface area (Å²) >= 11 is 0. The number of alkyl halides is 3. The summed E-state index contributed by atoms with van der Waals surface area (Å²) in [5.74, 6) is 0.00723. The zero-order chi connectivity index (χ0) is 23.6. The molecule has 1 unspecified atom stereocenters. The zero-order valence-electron chi connectivity index (χ0n) is 17.8. The highest BCUT2D eigenvalue weighted by atomic mass is 19.4. The van der Waals surface area contributed by atoms with Crippen LogP contribution >= 0.6 is 0 Å². The molecule has 0 aromatic carbocycles. The number of aryl methyl sites for hydroxylation is 1. The number of rotatable bonds is 7. The topological polar surface area (TPSA) is 125 Å². The fourth-order valence-corrected chi connectivity index (χ4v) is 4.17. The highest BCUT2D eigenvalue weighted by Gasteiger charge is 2.40. The maximum Gasteiger partial charge on any atom is 0.407 e. The van der Waals surface area contributed by atoms with Gasteiger partial charge in [0.25, 0.3) is 5.91 Å². The molecule has 2 aromatic heterocycles. The third kappa shape index (κ3) is 5.32. The lowest BCUT2D eigenvalue weighted by atomic mass is 10.0. The van der Waals surface area contributed by atoms with Crippen molar-refractivity contribution >= 4 is 17.8 Å². The first-order valence-electron chi connectivity index (χ1n) is 10.0. The Morgan fingerprint density at radius 3 is 2.72 bits per heavy atom. The molecule has 1 fully saturated rings. The second-order valence-electron chi connectivity index (χ2n) is 7.88. The summed E-state index contributed by atoms with van der Waals surface area (Å²) in [4.78, 5) is 25.0. The summed E-state index contributed by atoms with van der Waals surface area (Å²) in [7, 11) is 3.04. The van der Waals surface area contributed by atoms with Crippen LogP contribution in [0.2, 0.25) is 0 Å². The van der Waals surface area contributed by atoms with E-state index in [1.807, 2.05) is 0 Å². The van der Waals surface area contributed by atoms with E-state index in [0.29, 0.717) is 30.8 Å². The van der Waals surface area contributed by atoms with E-state index < -0.39 is 36.7 Å². The van der Waals surface area contributed by atoms with Crippen LogP contribution < -0.4 is 10.1 Å². The van der Waals surface area contributed by atoms with E-state index in [1.54, 1.807) is 13.1 Å². The molecule has 2 heterocycles. The van der Waals surface area contributed by atoms with Crippen molar-refractivity contribution in [2.75, 3.05) is 12.4 Å². The molecule has 2 amide bonds. The van der Waals surface area contributed by atoms with Crippen LogP contribution in [0.4, 0.5) is 23.8 Å². The Hall–Kier alpha value is -3.25. The fraction of sp³-hybridized carbons (Fsp3) is 0.579. The minimum atomic E-state index is -4.44. The molecule has 0 radical (unpaired) electrons. The Morgan fingerprint density at radius 2 is 2.12 bits per heavy atom. The number of aromatic nitrogens is 4. The van der Waals surface area contributed by atoms with Crippen molar-refractivity contribution < 1.29 is 32.6 Å². The number of anilines is 1. The van der Waals surface area contributed by atoms with E-state index >= 15 is 0 Å². The smallest absolute Gasteiger partial charge is 0.407 e. The average Bonchev–Trinajstić information content (AvgIpc) is 3.39. The number of carboxylic acid groups (broad SMARTS) is 1. The number of hydrogen-bond acceptors (Lipinski definition) is 5. The molecule has 3 rings (SSSR count). The van der Waals surface area contributed by atoms with Gasteiger partial charge in [-0.3, -0.25) is 14.6 Å². The number of H-pyrrole nitrogens is 1. The third-order valence-corrected chi connectivity index (χ3v) is 5.60. The van der Waals surface area contributed by atoms with Crippen molar-refractivity contribution in [2.45, 2.75) is 56.8 Å². The first-order valence-corrected chi connectivity index (χ1v) is 10.0. The number of halogens is 3. The SMILES string of the molecule is COc1cc(C(=O)Nc2cc([C@H]3CC[C@@H](N(C(=O)O)C(C)CC(F)(F)F)C3)[nH]n2)n(C)n1. The number of methoxy groups -OCH3 is 1. The zero-order valence-corrected chi connectivity index (χ0v) is 17.8.